The molecule has 5 unspecified atom stereocenters. The maximum atomic E-state index is 14.1. The number of nitrogens with one attached hydrogen (secondary N) is 1. The Labute approximate surface area is 221 Å². The zero-order valence-corrected chi connectivity index (χ0v) is 23.8. The molecule has 3 rings (SSSR count). The number of nitrogens with zero attached hydrogens (tertiary/aromatic N) is 2. The summed E-state index contributed by atoms with van der Waals surface area (Å²) in [6.45, 7) is 14.0. The van der Waals surface area contributed by atoms with Crippen LogP contribution < -0.4 is 5.32 Å². The normalized spacial score (nSPS) is 31.5. The molecule has 2 aliphatic carbocycles. The van der Waals surface area contributed by atoms with Gasteiger partial charge in [-0.05, 0) is 71.1 Å². The summed E-state index contributed by atoms with van der Waals surface area (Å²) < 4.78 is 10.9. The van der Waals surface area contributed by atoms with Gasteiger partial charge in [-0.1, -0.05) is 32.9 Å². The SMILES string of the molecule is CCOC(=O)C12CC1/C=C\CCCN(N(C)C(=O)OC(C)(C)C)C(=O)C1CC(C(C)(C)C)CC1C(=O)N2. The topological polar surface area (TPSA) is 105 Å². The number of carbonyl (C=O) groups is 4. The fourth-order valence-corrected chi connectivity index (χ4v) is 5.48. The van der Waals surface area contributed by atoms with E-state index in [0.29, 0.717) is 38.6 Å². The van der Waals surface area contributed by atoms with Crippen molar-refractivity contribution in [1.29, 1.82) is 0 Å². The molecule has 3 amide bonds. The van der Waals surface area contributed by atoms with E-state index < -0.39 is 35.0 Å². The molecule has 0 bridgehead atoms. The summed E-state index contributed by atoms with van der Waals surface area (Å²) in [4.78, 5) is 53.6. The quantitative estimate of drug-likeness (QED) is 0.445. The van der Waals surface area contributed by atoms with E-state index in [9.17, 15) is 19.2 Å². The predicted molar refractivity (Wildman–Crippen MR) is 139 cm³/mol. The van der Waals surface area contributed by atoms with Gasteiger partial charge >= 0.3 is 12.1 Å². The van der Waals surface area contributed by atoms with Crippen molar-refractivity contribution in [2.45, 2.75) is 91.7 Å². The molecule has 1 heterocycles. The Morgan fingerprint density at radius 3 is 2.38 bits per heavy atom. The van der Waals surface area contributed by atoms with Gasteiger partial charge in [0.1, 0.15) is 11.1 Å². The first-order valence-corrected chi connectivity index (χ1v) is 13.5. The molecule has 5 atom stereocenters. The fraction of sp³-hybridized carbons (Fsp3) is 0.786. The van der Waals surface area contributed by atoms with Crippen molar-refractivity contribution in [1.82, 2.24) is 15.3 Å². The minimum absolute atomic E-state index is 0.107. The van der Waals surface area contributed by atoms with E-state index in [1.165, 1.54) is 17.1 Å². The molecule has 0 saturated heterocycles. The van der Waals surface area contributed by atoms with Crippen LogP contribution in [0.2, 0.25) is 0 Å². The highest BCUT2D eigenvalue weighted by atomic mass is 16.6. The van der Waals surface area contributed by atoms with Crippen molar-refractivity contribution in [2.24, 2.45) is 29.1 Å². The number of carbonyl (C=O) groups excluding carboxylic acids is 4. The summed E-state index contributed by atoms with van der Waals surface area (Å²) in [5.74, 6) is -2.21. The van der Waals surface area contributed by atoms with Gasteiger partial charge in [-0.25, -0.2) is 19.6 Å². The smallest absolute Gasteiger partial charge is 0.429 e. The lowest BCUT2D eigenvalue weighted by molar-refractivity contribution is -0.154. The van der Waals surface area contributed by atoms with E-state index in [0.717, 1.165) is 0 Å². The van der Waals surface area contributed by atoms with Gasteiger partial charge in [-0.2, -0.15) is 0 Å². The van der Waals surface area contributed by atoms with Crippen molar-refractivity contribution < 1.29 is 28.7 Å². The Hall–Kier alpha value is -2.58. The molecular weight excluding hydrogens is 474 g/mol. The van der Waals surface area contributed by atoms with E-state index in [4.69, 9.17) is 9.47 Å². The van der Waals surface area contributed by atoms with E-state index in [1.807, 2.05) is 12.2 Å². The lowest BCUT2D eigenvalue weighted by atomic mass is 9.79. The number of fused-ring (bicyclic) bond motifs is 2. The average molecular weight is 520 g/mol. The highest BCUT2D eigenvalue weighted by Crippen LogP contribution is 2.49. The first-order valence-electron chi connectivity index (χ1n) is 13.5. The summed E-state index contributed by atoms with van der Waals surface area (Å²) in [5.41, 5.74) is -1.89. The number of allylic oxidation sites excluding steroid dienone is 1. The lowest BCUT2D eigenvalue weighted by Gasteiger charge is -2.36. The van der Waals surface area contributed by atoms with Crippen molar-refractivity contribution in [3.05, 3.63) is 12.2 Å². The van der Waals surface area contributed by atoms with Gasteiger partial charge < -0.3 is 14.8 Å². The largest absolute Gasteiger partial charge is 0.464 e. The summed E-state index contributed by atoms with van der Waals surface area (Å²) in [7, 11) is 1.54. The van der Waals surface area contributed by atoms with Crippen LogP contribution in [-0.2, 0) is 23.9 Å². The van der Waals surface area contributed by atoms with Crippen LogP contribution in [0.15, 0.2) is 12.2 Å². The van der Waals surface area contributed by atoms with Crippen LogP contribution in [-0.4, -0.2) is 65.2 Å². The third-order valence-electron chi connectivity index (χ3n) is 7.83. The molecule has 0 radical (unpaired) electrons. The Morgan fingerprint density at radius 2 is 1.78 bits per heavy atom. The molecule has 0 spiro atoms. The van der Waals surface area contributed by atoms with Crippen molar-refractivity contribution in [3.63, 3.8) is 0 Å². The fourth-order valence-electron chi connectivity index (χ4n) is 5.48. The molecule has 37 heavy (non-hydrogen) atoms. The summed E-state index contributed by atoms with van der Waals surface area (Å²) in [6.07, 6.45) is 6.17. The predicted octanol–water partition coefficient (Wildman–Crippen LogP) is 4.07. The van der Waals surface area contributed by atoms with Crippen molar-refractivity contribution in [3.8, 4) is 0 Å². The Morgan fingerprint density at radius 1 is 1.14 bits per heavy atom. The van der Waals surface area contributed by atoms with Gasteiger partial charge in [0.25, 0.3) is 0 Å². The van der Waals surface area contributed by atoms with Crippen molar-refractivity contribution >= 4 is 23.9 Å². The number of hydrogen-bond acceptors (Lipinski definition) is 6. The summed E-state index contributed by atoms with van der Waals surface area (Å²) >= 11 is 0. The second-order valence-electron chi connectivity index (χ2n) is 12.8. The standard InChI is InChI=1S/C28H45N3O6/c1-9-36-24(34)28-17-18(28)13-11-10-12-14-31(30(8)25(35)37-27(5,6)7)23(33)21-16-19(26(2,3)4)15-20(21)22(32)29-28/h11,13,18-21H,9-10,12,14-17H2,1-8H3,(H,29,32)/b13-11-. The van der Waals surface area contributed by atoms with Gasteiger partial charge in [-0.3, -0.25) is 9.59 Å². The van der Waals surface area contributed by atoms with E-state index in [-0.39, 0.29) is 35.7 Å². The van der Waals surface area contributed by atoms with Gasteiger partial charge in [0, 0.05) is 25.4 Å². The Bertz CT molecular complexity index is 933. The van der Waals surface area contributed by atoms with Crippen LogP contribution in [0.1, 0.15) is 80.6 Å². The molecule has 1 N–H and O–H groups in total. The maximum Gasteiger partial charge on any atom is 0.429 e. The minimum atomic E-state index is -1.07. The number of amides is 3. The van der Waals surface area contributed by atoms with E-state index >= 15 is 0 Å². The molecule has 2 saturated carbocycles. The van der Waals surface area contributed by atoms with Gasteiger partial charge in [0.15, 0.2) is 0 Å². The lowest BCUT2D eigenvalue weighted by Crippen LogP contribution is -2.54. The zero-order valence-electron chi connectivity index (χ0n) is 23.8. The van der Waals surface area contributed by atoms with E-state index in [1.54, 1.807) is 27.7 Å². The molecule has 9 nitrogen and oxygen atoms in total. The number of esters is 1. The van der Waals surface area contributed by atoms with Crippen LogP contribution in [0.5, 0.6) is 0 Å². The number of rotatable bonds is 3. The van der Waals surface area contributed by atoms with Crippen LogP contribution in [0.25, 0.3) is 0 Å². The van der Waals surface area contributed by atoms with Crippen LogP contribution >= 0.6 is 0 Å². The van der Waals surface area contributed by atoms with Gasteiger partial charge in [-0.15, -0.1) is 0 Å². The third-order valence-corrected chi connectivity index (χ3v) is 7.83. The Kier molecular flexibility index (Phi) is 8.35. The van der Waals surface area contributed by atoms with E-state index in [2.05, 4.69) is 26.1 Å². The van der Waals surface area contributed by atoms with Crippen LogP contribution in [0.3, 0.4) is 0 Å². The monoisotopic (exact) mass is 519 g/mol. The first kappa shape index (κ1) is 29.0. The minimum Gasteiger partial charge on any atom is -0.464 e. The first-order chi connectivity index (χ1) is 17.1. The highest BCUT2D eigenvalue weighted by molar-refractivity contribution is 5.95. The average Bonchev–Trinajstić information content (AvgIpc) is 3.26. The molecule has 2 fully saturated rings. The number of ether oxygens (including phenoxy) is 2. The molecule has 9 heteroatoms. The third kappa shape index (κ3) is 6.47. The molecule has 3 aliphatic rings. The number of hydrogen-bond donors (Lipinski definition) is 1. The second kappa shape index (κ2) is 10.7. The van der Waals surface area contributed by atoms with Gasteiger partial charge in [0.05, 0.1) is 12.5 Å². The maximum absolute atomic E-state index is 14.1. The van der Waals surface area contributed by atoms with Crippen LogP contribution in [0.4, 0.5) is 4.79 Å². The highest BCUT2D eigenvalue weighted by Gasteiger charge is 2.62. The molecule has 0 aromatic heterocycles. The summed E-state index contributed by atoms with van der Waals surface area (Å²) in [6, 6.07) is 0. The zero-order chi connectivity index (χ0) is 27.8. The van der Waals surface area contributed by atoms with Crippen LogP contribution in [0, 0.1) is 29.1 Å². The molecular formula is C28H45N3O6. The molecule has 0 aromatic rings. The second-order valence-corrected chi connectivity index (χ2v) is 12.8. The Balaban J connectivity index is 1.96. The van der Waals surface area contributed by atoms with Gasteiger partial charge in [0.2, 0.25) is 11.8 Å². The van der Waals surface area contributed by atoms with Crippen molar-refractivity contribution in [2.75, 3.05) is 20.2 Å². The molecule has 0 aromatic carbocycles. The summed E-state index contributed by atoms with van der Waals surface area (Å²) in [5, 5.41) is 5.70. The molecule has 1 aliphatic heterocycles. The molecule has 208 valence electrons. The number of hydrazine groups is 1.